The number of rotatable bonds is 4. The van der Waals surface area contributed by atoms with E-state index in [1.807, 2.05) is 25.1 Å². The van der Waals surface area contributed by atoms with Crippen LogP contribution in [-0.2, 0) is 5.41 Å². The molecule has 9 heteroatoms. The number of alkyl halides is 3. The third-order valence-electron chi connectivity index (χ3n) is 4.86. The molecule has 4 aromatic rings. The number of nitrogens with zero attached hydrogens (tertiary/aromatic N) is 2. The van der Waals surface area contributed by atoms with Crippen LogP contribution in [0.1, 0.15) is 31.2 Å². The maximum Gasteiger partial charge on any atom is 0.573 e. The Morgan fingerprint density at radius 2 is 1.76 bits per heavy atom. The molecule has 2 heterocycles. The fourth-order valence-corrected chi connectivity index (χ4v) is 5.81. The lowest BCUT2D eigenvalue weighted by molar-refractivity contribution is -0.275. The Balaban J connectivity index is 1.94. The summed E-state index contributed by atoms with van der Waals surface area (Å²) in [5, 5.41) is 2.04. The highest BCUT2D eigenvalue weighted by Crippen LogP contribution is 2.48. The molecule has 0 saturated carbocycles. The highest BCUT2D eigenvalue weighted by atomic mass is 35.5. The minimum absolute atomic E-state index is 0.187. The normalized spacial score (nSPS) is 12.4. The van der Waals surface area contributed by atoms with Gasteiger partial charge in [-0.3, -0.25) is 0 Å². The Kier molecular flexibility index (Phi) is 6.37. The second-order valence-corrected chi connectivity index (χ2v) is 10.9. The van der Waals surface area contributed by atoms with Crippen molar-refractivity contribution in [1.29, 1.82) is 0 Å². The number of hydrogen-bond donors (Lipinski definition) is 0. The molecule has 0 aliphatic heterocycles. The summed E-state index contributed by atoms with van der Waals surface area (Å²) in [6.45, 7) is 8.30. The number of aryl methyl sites for hydroxylation is 1. The maximum atomic E-state index is 12.9. The molecule has 4 rings (SSSR count). The summed E-state index contributed by atoms with van der Waals surface area (Å²) in [5.41, 5.74) is 2.68. The first kappa shape index (κ1) is 23.9. The molecule has 0 spiro atoms. The van der Waals surface area contributed by atoms with Crippen molar-refractivity contribution in [3.8, 4) is 16.9 Å². The van der Waals surface area contributed by atoms with Gasteiger partial charge in [-0.05, 0) is 47.7 Å². The summed E-state index contributed by atoms with van der Waals surface area (Å²) in [7, 11) is 0. The standard InChI is InChI=1S/C24H20ClF3N2OS2/c1-13-11-14(9-10-15(13)25)18-19-21(29-12-30-22(19)33-20(18)23(2,3)4)32-17-8-6-5-7-16(17)31-24(26,27)28/h5-12H,1-4H3. The van der Waals surface area contributed by atoms with Crippen LogP contribution in [0.15, 0.2) is 58.7 Å². The van der Waals surface area contributed by atoms with E-state index < -0.39 is 6.36 Å². The van der Waals surface area contributed by atoms with Crippen LogP contribution >= 0.6 is 34.7 Å². The third kappa shape index (κ3) is 5.13. The van der Waals surface area contributed by atoms with Crippen molar-refractivity contribution in [2.75, 3.05) is 0 Å². The van der Waals surface area contributed by atoms with Gasteiger partial charge in [-0.25, -0.2) is 9.97 Å². The summed E-state index contributed by atoms with van der Waals surface area (Å²) in [6, 6.07) is 11.9. The fourth-order valence-electron chi connectivity index (χ4n) is 3.44. The Hall–Kier alpha value is -2.29. The average Bonchev–Trinajstić information content (AvgIpc) is 3.12. The largest absolute Gasteiger partial charge is 0.573 e. The quantitative estimate of drug-likeness (QED) is 0.258. The van der Waals surface area contributed by atoms with Gasteiger partial charge in [0.2, 0.25) is 0 Å². The Morgan fingerprint density at radius 3 is 2.42 bits per heavy atom. The number of para-hydroxylation sites is 1. The van der Waals surface area contributed by atoms with E-state index in [0.29, 0.717) is 14.9 Å². The average molecular weight is 509 g/mol. The highest BCUT2D eigenvalue weighted by molar-refractivity contribution is 7.99. The number of benzene rings is 2. The number of hydrogen-bond acceptors (Lipinski definition) is 5. The zero-order valence-electron chi connectivity index (χ0n) is 18.2. The highest BCUT2D eigenvalue weighted by Gasteiger charge is 2.32. The molecule has 0 saturated heterocycles. The van der Waals surface area contributed by atoms with Crippen molar-refractivity contribution in [3.63, 3.8) is 0 Å². The van der Waals surface area contributed by atoms with Crippen molar-refractivity contribution in [1.82, 2.24) is 9.97 Å². The maximum absolute atomic E-state index is 12.9. The summed E-state index contributed by atoms with van der Waals surface area (Å²) >= 11 is 8.96. The monoisotopic (exact) mass is 508 g/mol. The molecule has 0 N–H and O–H groups in total. The second-order valence-electron chi connectivity index (χ2n) is 8.48. The van der Waals surface area contributed by atoms with Crippen LogP contribution in [0.2, 0.25) is 5.02 Å². The smallest absolute Gasteiger partial charge is 0.405 e. The Morgan fingerprint density at radius 1 is 1.03 bits per heavy atom. The van der Waals surface area contributed by atoms with Gasteiger partial charge in [0, 0.05) is 15.5 Å². The Labute approximate surface area is 203 Å². The predicted molar refractivity (Wildman–Crippen MR) is 129 cm³/mol. The van der Waals surface area contributed by atoms with E-state index in [4.69, 9.17) is 11.6 Å². The molecule has 2 aromatic heterocycles. The Bertz CT molecular complexity index is 1330. The number of ether oxygens (including phenoxy) is 1. The van der Waals surface area contributed by atoms with Crippen molar-refractivity contribution >= 4 is 44.9 Å². The number of aromatic nitrogens is 2. The molecule has 3 nitrogen and oxygen atoms in total. The number of thiophene rings is 1. The van der Waals surface area contributed by atoms with Crippen molar-refractivity contribution in [2.45, 2.75) is 49.4 Å². The molecule has 0 unspecified atom stereocenters. The molecule has 0 bridgehead atoms. The lowest BCUT2D eigenvalue weighted by Gasteiger charge is -2.20. The third-order valence-corrected chi connectivity index (χ3v) is 7.87. The van der Waals surface area contributed by atoms with Gasteiger partial charge in [-0.1, -0.05) is 62.3 Å². The summed E-state index contributed by atoms with van der Waals surface area (Å²) in [6.07, 6.45) is -3.34. The van der Waals surface area contributed by atoms with Crippen LogP contribution in [0.4, 0.5) is 13.2 Å². The van der Waals surface area contributed by atoms with Gasteiger partial charge in [-0.15, -0.1) is 24.5 Å². The van der Waals surface area contributed by atoms with Gasteiger partial charge in [0.05, 0.1) is 10.3 Å². The van der Waals surface area contributed by atoms with Gasteiger partial charge < -0.3 is 4.74 Å². The van der Waals surface area contributed by atoms with Crippen LogP contribution < -0.4 is 4.74 Å². The molecule has 2 aromatic carbocycles. The predicted octanol–water partition coefficient (Wildman–Crippen LogP) is 8.67. The summed E-state index contributed by atoms with van der Waals surface area (Å²) < 4.78 is 43.1. The minimum Gasteiger partial charge on any atom is -0.405 e. The molecule has 0 radical (unpaired) electrons. The number of halogens is 4. The van der Waals surface area contributed by atoms with Gasteiger partial charge in [-0.2, -0.15) is 0 Å². The topological polar surface area (TPSA) is 35.0 Å². The van der Waals surface area contributed by atoms with Gasteiger partial charge in [0.1, 0.15) is 21.9 Å². The van der Waals surface area contributed by atoms with Gasteiger partial charge >= 0.3 is 6.36 Å². The first-order valence-electron chi connectivity index (χ1n) is 10.0. The van der Waals surface area contributed by atoms with Crippen molar-refractivity contribution in [2.24, 2.45) is 0 Å². The van der Waals surface area contributed by atoms with Crippen LogP contribution in [0.3, 0.4) is 0 Å². The SMILES string of the molecule is Cc1cc(-c2c(C(C)(C)C)sc3ncnc(Sc4ccccc4OC(F)(F)F)c23)ccc1Cl. The molecule has 0 aliphatic carbocycles. The molecular weight excluding hydrogens is 489 g/mol. The fraction of sp³-hybridized carbons (Fsp3) is 0.250. The molecule has 0 aliphatic rings. The summed E-state index contributed by atoms with van der Waals surface area (Å²) in [5.74, 6) is -0.267. The molecule has 0 amide bonds. The number of fused-ring (bicyclic) bond motifs is 1. The van der Waals surface area contributed by atoms with Crippen LogP contribution in [-0.4, -0.2) is 16.3 Å². The first-order chi connectivity index (χ1) is 15.4. The van der Waals surface area contributed by atoms with Crippen molar-refractivity contribution in [3.05, 3.63) is 64.3 Å². The van der Waals surface area contributed by atoms with E-state index in [9.17, 15) is 13.2 Å². The molecule has 33 heavy (non-hydrogen) atoms. The molecular formula is C24H20ClF3N2OS2. The van der Waals surface area contributed by atoms with E-state index in [-0.39, 0.29) is 11.2 Å². The van der Waals surface area contributed by atoms with E-state index in [1.54, 1.807) is 23.5 Å². The van der Waals surface area contributed by atoms with Crippen LogP contribution in [0.5, 0.6) is 5.75 Å². The van der Waals surface area contributed by atoms with E-state index in [0.717, 1.165) is 43.5 Å². The van der Waals surface area contributed by atoms with Gasteiger partial charge in [0.25, 0.3) is 0 Å². The summed E-state index contributed by atoms with van der Waals surface area (Å²) in [4.78, 5) is 11.1. The minimum atomic E-state index is -4.79. The lowest BCUT2D eigenvalue weighted by atomic mass is 9.88. The zero-order valence-corrected chi connectivity index (χ0v) is 20.6. The van der Waals surface area contributed by atoms with Crippen molar-refractivity contribution < 1.29 is 17.9 Å². The van der Waals surface area contributed by atoms with E-state index in [1.165, 1.54) is 18.5 Å². The van der Waals surface area contributed by atoms with E-state index >= 15 is 0 Å². The van der Waals surface area contributed by atoms with Crippen LogP contribution in [0, 0.1) is 6.92 Å². The first-order valence-corrected chi connectivity index (χ1v) is 12.0. The molecule has 172 valence electrons. The van der Waals surface area contributed by atoms with E-state index in [2.05, 4.69) is 35.5 Å². The van der Waals surface area contributed by atoms with Crippen LogP contribution in [0.25, 0.3) is 21.3 Å². The molecule has 0 atom stereocenters. The van der Waals surface area contributed by atoms with Gasteiger partial charge in [0.15, 0.2) is 0 Å². The zero-order chi connectivity index (χ0) is 24.0. The lowest BCUT2D eigenvalue weighted by Crippen LogP contribution is -2.17. The second kappa shape index (κ2) is 8.81. The molecule has 0 fully saturated rings.